The molecule has 0 N–H and O–H groups in total. The van der Waals surface area contributed by atoms with E-state index in [1.165, 1.54) is 0 Å². The zero-order valence-corrected chi connectivity index (χ0v) is 11.3. The number of methoxy groups -OCH3 is 1. The standard InChI is InChI=1S/C15H12N4O2/c1-21-12-8-6-11(7-9-12)10-16-19-15(20)13-4-2-3-5-14(13)17-18-19/h2-10H,1H3/b16-10+. The third-order valence-corrected chi connectivity index (χ3v) is 2.99. The van der Waals surface area contributed by atoms with Gasteiger partial charge in [0.15, 0.2) is 0 Å². The normalized spacial score (nSPS) is 11.1. The fourth-order valence-corrected chi connectivity index (χ4v) is 1.87. The number of nitrogens with zero attached hydrogens (tertiary/aromatic N) is 4. The predicted molar refractivity (Wildman–Crippen MR) is 79.8 cm³/mol. The summed E-state index contributed by atoms with van der Waals surface area (Å²) in [5.74, 6) is 0.759. The first-order valence-electron chi connectivity index (χ1n) is 6.31. The van der Waals surface area contributed by atoms with E-state index in [-0.39, 0.29) is 5.56 Å². The zero-order valence-electron chi connectivity index (χ0n) is 11.3. The number of aromatic nitrogens is 3. The summed E-state index contributed by atoms with van der Waals surface area (Å²) in [6, 6.07) is 14.3. The summed E-state index contributed by atoms with van der Waals surface area (Å²) in [4.78, 5) is 13.2. The molecule has 1 aromatic heterocycles. The van der Waals surface area contributed by atoms with Gasteiger partial charge in [-0.3, -0.25) is 4.79 Å². The van der Waals surface area contributed by atoms with Crippen LogP contribution in [0.15, 0.2) is 58.4 Å². The Morgan fingerprint density at radius 1 is 1.14 bits per heavy atom. The highest BCUT2D eigenvalue weighted by molar-refractivity contribution is 5.80. The summed E-state index contributed by atoms with van der Waals surface area (Å²) >= 11 is 0. The molecular formula is C15H12N4O2. The van der Waals surface area contributed by atoms with Gasteiger partial charge in [-0.1, -0.05) is 16.9 Å². The van der Waals surface area contributed by atoms with E-state index >= 15 is 0 Å². The fourth-order valence-electron chi connectivity index (χ4n) is 1.87. The highest BCUT2D eigenvalue weighted by Gasteiger charge is 2.02. The summed E-state index contributed by atoms with van der Waals surface area (Å²) in [5, 5.41) is 12.3. The number of hydrogen-bond donors (Lipinski definition) is 0. The monoisotopic (exact) mass is 280 g/mol. The molecule has 6 nitrogen and oxygen atoms in total. The van der Waals surface area contributed by atoms with Crippen molar-refractivity contribution < 1.29 is 4.74 Å². The molecule has 0 spiro atoms. The van der Waals surface area contributed by atoms with Crippen LogP contribution in [-0.2, 0) is 0 Å². The minimum Gasteiger partial charge on any atom is -0.497 e. The Bertz CT molecular complexity index is 853. The predicted octanol–water partition coefficient (Wildman–Crippen LogP) is 1.68. The van der Waals surface area contributed by atoms with Gasteiger partial charge in [-0.2, -0.15) is 5.10 Å². The maximum Gasteiger partial charge on any atom is 0.299 e. The van der Waals surface area contributed by atoms with Gasteiger partial charge < -0.3 is 4.74 Å². The highest BCUT2D eigenvalue weighted by Crippen LogP contribution is 2.09. The van der Waals surface area contributed by atoms with Crippen molar-refractivity contribution in [2.45, 2.75) is 0 Å². The Hall–Kier alpha value is -3.02. The van der Waals surface area contributed by atoms with Gasteiger partial charge in [0.2, 0.25) is 0 Å². The van der Waals surface area contributed by atoms with Gasteiger partial charge in [0.05, 0.1) is 18.7 Å². The third kappa shape index (κ3) is 2.64. The topological polar surface area (TPSA) is 69.4 Å². The van der Waals surface area contributed by atoms with Crippen LogP contribution in [0, 0.1) is 0 Å². The van der Waals surface area contributed by atoms with Crippen molar-refractivity contribution in [2.24, 2.45) is 5.10 Å². The van der Waals surface area contributed by atoms with E-state index in [9.17, 15) is 4.79 Å². The lowest BCUT2D eigenvalue weighted by Crippen LogP contribution is -2.20. The van der Waals surface area contributed by atoms with Crippen LogP contribution in [0.25, 0.3) is 10.9 Å². The molecule has 0 amide bonds. The Balaban J connectivity index is 1.95. The van der Waals surface area contributed by atoms with Crippen LogP contribution in [0.2, 0.25) is 0 Å². The van der Waals surface area contributed by atoms with Crippen LogP contribution in [-0.4, -0.2) is 28.4 Å². The van der Waals surface area contributed by atoms with Crippen molar-refractivity contribution in [1.29, 1.82) is 0 Å². The molecule has 21 heavy (non-hydrogen) atoms. The van der Waals surface area contributed by atoms with Gasteiger partial charge in [-0.15, -0.1) is 5.10 Å². The van der Waals surface area contributed by atoms with Crippen LogP contribution in [0.3, 0.4) is 0 Å². The lowest BCUT2D eigenvalue weighted by atomic mass is 10.2. The third-order valence-electron chi connectivity index (χ3n) is 2.99. The molecule has 0 radical (unpaired) electrons. The number of rotatable bonds is 3. The van der Waals surface area contributed by atoms with E-state index in [0.29, 0.717) is 10.9 Å². The van der Waals surface area contributed by atoms with E-state index in [1.54, 1.807) is 37.6 Å². The van der Waals surface area contributed by atoms with Gasteiger partial charge in [0.1, 0.15) is 11.3 Å². The number of benzene rings is 2. The second kappa shape index (κ2) is 5.54. The number of hydrogen-bond acceptors (Lipinski definition) is 5. The summed E-state index contributed by atoms with van der Waals surface area (Å²) in [7, 11) is 1.60. The van der Waals surface area contributed by atoms with Crippen LogP contribution in [0.1, 0.15) is 5.56 Å². The number of ether oxygens (including phenoxy) is 1. The largest absolute Gasteiger partial charge is 0.497 e. The van der Waals surface area contributed by atoms with Crippen LogP contribution in [0.4, 0.5) is 0 Å². The Morgan fingerprint density at radius 2 is 1.90 bits per heavy atom. The van der Waals surface area contributed by atoms with E-state index in [4.69, 9.17) is 4.74 Å². The van der Waals surface area contributed by atoms with Gasteiger partial charge >= 0.3 is 0 Å². The lowest BCUT2D eigenvalue weighted by molar-refractivity contribution is 0.415. The smallest absolute Gasteiger partial charge is 0.299 e. The van der Waals surface area contributed by atoms with Crippen LogP contribution >= 0.6 is 0 Å². The van der Waals surface area contributed by atoms with Crippen LogP contribution < -0.4 is 10.3 Å². The van der Waals surface area contributed by atoms with Gasteiger partial charge in [-0.05, 0) is 47.2 Å². The van der Waals surface area contributed by atoms with Crippen molar-refractivity contribution in [3.8, 4) is 5.75 Å². The molecule has 0 aliphatic rings. The first-order valence-corrected chi connectivity index (χ1v) is 6.31. The Labute approximate surface area is 120 Å². The second-order valence-corrected chi connectivity index (χ2v) is 4.32. The summed E-state index contributed by atoms with van der Waals surface area (Å²) in [6.07, 6.45) is 1.55. The minimum atomic E-state index is -0.301. The maximum absolute atomic E-state index is 12.2. The molecule has 3 aromatic rings. The molecule has 0 unspecified atom stereocenters. The molecule has 0 atom stereocenters. The first-order chi connectivity index (χ1) is 10.3. The minimum absolute atomic E-state index is 0.301. The number of fused-ring (bicyclic) bond motifs is 1. The quantitative estimate of drug-likeness (QED) is 0.684. The van der Waals surface area contributed by atoms with E-state index in [0.717, 1.165) is 16.1 Å². The first kappa shape index (κ1) is 13.0. The average Bonchev–Trinajstić information content (AvgIpc) is 2.55. The van der Waals surface area contributed by atoms with E-state index < -0.39 is 0 Å². The molecule has 0 aliphatic heterocycles. The Morgan fingerprint density at radius 3 is 2.67 bits per heavy atom. The maximum atomic E-state index is 12.2. The molecule has 0 aliphatic carbocycles. The summed E-state index contributed by atoms with van der Waals surface area (Å²) in [6.45, 7) is 0. The molecule has 0 bridgehead atoms. The van der Waals surface area contributed by atoms with Gasteiger partial charge in [0, 0.05) is 0 Å². The van der Waals surface area contributed by atoms with Crippen LogP contribution in [0.5, 0.6) is 5.75 Å². The van der Waals surface area contributed by atoms with Crippen molar-refractivity contribution >= 4 is 17.1 Å². The van der Waals surface area contributed by atoms with Crippen molar-refractivity contribution in [3.63, 3.8) is 0 Å². The van der Waals surface area contributed by atoms with Crippen molar-refractivity contribution in [1.82, 2.24) is 15.1 Å². The molecule has 0 saturated carbocycles. The summed E-state index contributed by atoms with van der Waals surface area (Å²) < 4.78 is 5.08. The highest BCUT2D eigenvalue weighted by atomic mass is 16.5. The lowest BCUT2D eigenvalue weighted by Gasteiger charge is -2.00. The molecule has 104 valence electrons. The van der Waals surface area contributed by atoms with E-state index in [1.807, 2.05) is 24.3 Å². The average molecular weight is 280 g/mol. The summed E-state index contributed by atoms with van der Waals surface area (Å²) in [5.41, 5.74) is 1.08. The molecule has 0 fully saturated rings. The van der Waals surface area contributed by atoms with Crippen molar-refractivity contribution in [2.75, 3.05) is 7.11 Å². The SMILES string of the molecule is COc1ccc(/C=N/n2nnc3ccccc3c2=O)cc1. The molecule has 3 rings (SSSR count). The molecule has 2 aromatic carbocycles. The van der Waals surface area contributed by atoms with Crippen molar-refractivity contribution in [3.05, 3.63) is 64.4 Å². The van der Waals surface area contributed by atoms with Gasteiger partial charge in [0.25, 0.3) is 5.56 Å². The molecule has 1 heterocycles. The fraction of sp³-hybridized carbons (Fsp3) is 0.0667. The van der Waals surface area contributed by atoms with Gasteiger partial charge in [-0.25, -0.2) is 0 Å². The van der Waals surface area contributed by atoms with E-state index in [2.05, 4.69) is 15.4 Å². The molecular weight excluding hydrogens is 268 g/mol. The molecule has 0 saturated heterocycles. The molecule has 6 heteroatoms. The zero-order chi connectivity index (χ0) is 14.7. The second-order valence-electron chi connectivity index (χ2n) is 4.32. The Kier molecular flexibility index (Phi) is 3.42.